The number of aromatic nitrogens is 1. The molecule has 0 spiro atoms. The van der Waals surface area contributed by atoms with E-state index < -0.39 is 14.9 Å². The minimum absolute atomic E-state index is 0.0183. The van der Waals surface area contributed by atoms with E-state index in [1.807, 2.05) is 0 Å². The molecule has 9 nitrogen and oxygen atoms in total. The van der Waals surface area contributed by atoms with Gasteiger partial charge in [0, 0.05) is 12.6 Å². The Labute approximate surface area is 109 Å². The van der Waals surface area contributed by atoms with E-state index in [1.165, 1.54) is 0 Å². The van der Waals surface area contributed by atoms with Gasteiger partial charge in [-0.15, -0.1) is 0 Å². The van der Waals surface area contributed by atoms with Gasteiger partial charge in [-0.3, -0.25) is 10.1 Å². The summed E-state index contributed by atoms with van der Waals surface area (Å²) in [5.41, 5.74) is -0.267. The lowest BCUT2D eigenvalue weighted by atomic mass is 10.2. The summed E-state index contributed by atoms with van der Waals surface area (Å²) in [6.45, 7) is 0.232. The molecule has 0 aliphatic rings. The number of hydrogen-bond acceptors (Lipinski definition) is 7. The van der Waals surface area contributed by atoms with E-state index >= 15 is 0 Å². The van der Waals surface area contributed by atoms with Gasteiger partial charge in [-0.25, -0.2) is 18.5 Å². The van der Waals surface area contributed by atoms with E-state index in [1.54, 1.807) is 6.07 Å². The van der Waals surface area contributed by atoms with Crippen LogP contribution in [0.2, 0.25) is 0 Å². The SMILES string of the molecule is N#Cc1cc([N+](=O)[O-])cnc1NCCCS(N)(=O)=O. The summed E-state index contributed by atoms with van der Waals surface area (Å²) in [6, 6.07) is 2.87. The maximum Gasteiger partial charge on any atom is 0.289 e. The fraction of sp³-hybridized carbons (Fsp3) is 0.333. The molecule has 0 unspecified atom stereocenters. The highest BCUT2D eigenvalue weighted by atomic mass is 32.2. The van der Waals surface area contributed by atoms with Crippen LogP contribution in [0.15, 0.2) is 12.3 Å². The molecule has 0 saturated carbocycles. The largest absolute Gasteiger partial charge is 0.369 e. The van der Waals surface area contributed by atoms with Crippen LogP contribution in [0.25, 0.3) is 0 Å². The third-order valence-electron chi connectivity index (χ3n) is 2.10. The summed E-state index contributed by atoms with van der Waals surface area (Å²) in [6.07, 6.45) is 1.26. The summed E-state index contributed by atoms with van der Waals surface area (Å²) >= 11 is 0. The van der Waals surface area contributed by atoms with Crippen LogP contribution >= 0.6 is 0 Å². The lowest BCUT2D eigenvalue weighted by molar-refractivity contribution is -0.385. The zero-order valence-corrected chi connectivity index (χ0v) is 10.6. The highest BCUT2D eigenvalue weighted by molar-refractivity contribution is 7.89. The molecule has 1 aromatic rings. The van der Waals surface area contributed by atoms with Crippen LogP contribution in [0.4, 0.5) is 11.5 Å². The molecule has 19 heavy (non-hydrogen) atoms. The van der Waals surface area contributed by atoms with Crippen molar-refractivity contribution in [1.82, 2.24) is 4.98 Å². The minimum Gasteiger partial charge on any atom is -0.369 e. The van der Waals surface area contributed by atoms with Gasteiger partial charge in [-0.1, -0.05) is 0 Å². The van der Waals surface area contributed by atoms with Crippen LogP contribution in [0.5, 0.6) is 0 Å². The zero-order chi connectivity index (χ0) is 14.5. The number of nitro groups is 1. The Balaban J connectivity index is 2.69. The van der Waals surface area contributed by atoms with Gasteiger partial charge < -0.3 is 5.32 Å². The predicted molar refractivity (Wildman–Crippen MR) is 66.7 cm³/mol. The van der Waals surface area contributed by atoms with E-state index in [9.17, 15) is 18.5 Å². The minimum atomic E-state index is -3.53. The third kappa shape index (κ3) is 4.86. The van der Waals surface area contributed by atoms with E-state index in [2.05, 4.69) is 10.3 Å². The molecule has 0 bridgehead atoms. The van der Waals surface area contributed by atoms with Crippen molar-refractivity contribution >= 4 is 21.5 Å². The van der Waals surface area contributed by atoms with Gasteiger partial charge in [-0.2, -0.15) is 5.26 Å². The summed E-state index contributed by atoms with van der Waals surface area (Å²) in [5.74, 6) is -0.0305. The molecule has 0 atom stereocenters. The third-order valence-corrected chi connectivity index (χ3v) is 2.96. The van der Waals surface area contributed by atoms with Crippen LogP contribution in [0.3, 0.4) is 0 Å². The van der Waals surface area contributed by atoms with Crippen molar-refractivity contribution in [2.45, 2.75) is 6.42 Å². The molecule has 1 aromatic heterocycles. The van der Waals surface area contributed by atoms with Gasteiger partial charge in [0.2, 0.25) is 10.0 Å². The second-order valence-electron chi connectivity index (χ2n) is 3.61. The molecule has 10 heteroatoms. The molecular weight excluding hydrogens is 274 g/mol. The first-order valence-corrected chi connectivity index (χ1v) is 6.84. The molecule has 0 aliphatic heterocycles. The molecule has 0 fully saturated rings. The van der Waals surface area contributed by atoms with E-state index in [4.69, 9.17) is 10.4 Å². The standard InChI is InChI=1S/C9H11N5O4S/c10-5-7-4-8(14(15)16)6-13-9(7)12-2-1-3-19(11,17)18/h4,6H,1-3H2,(H,12,13)(H2,11,17,18). The lowest BCUT2D eigenvalue weighted by Gasteiger charge is -2.06. The predicted octanol–water partition coefficient (Wildman–Crippen LogP) is -0.0480. The summed E-state index contributed by atoms with van der Waals surface area (Å²) in [4.78, 5) is 13.6. The number of pyridine rings is 1. The quantitative estimate of drug-likeness (QED) is 0.422. The number of hydrogen-bond donors (Lipinski definition) is 2. The van der Waals surface area contributed by atoms with Gasteiger partial charge in [0.1, 0.15) is 23.6 Å². The average molecular weight is 285 g/mol. The van der Waals surface area contributed by atoms with Crippen molar-refractivity contribution in [2.24, 2.45) is 5.14 Å². The number of rotatable bonds is 6. The number of sulfonamides is 1. The second-order valence-corrected chi connectivity index (χ2v) is 5.34. The van der Waals surface area contributed by atoms with Crippen molar-refractivity contribution in [3.05, 3.63) is 27.9 Å². The Kier molecular flexibility index (Phi) is 4.74. The molecule has 3 N–H and O–H groups in total. The summed E-state index contributed by atoms with van der Waals surface area (Å²) in [7, 11) is -3.53. The Morgan fingerprint density at radius 2 is 2.26 bits per heavy atom. The van der Waals surface area contributed by atoms with Crippen molar-refractivity contribution in [3.63, 3.8) is 0 Å². The molecule has 0 aliphatic carbocycles. The lowest BCUT2D eigenvalue weighted by Crippen LogP contribution is -2.19. The average Bonchev–Trinajstić information content (AvgIpc) is 2.33. The van der Waals surface area contributed by atoms with E-state index in [0.717, 1.165) is 12.3 Å². The highest BCUT2D eigenvalue weighted by Crippen LogP contribution is 2.17. The number of anilines is 1. The Bertz CT molecular complexity index is 622. The second kappa shape index (κ2) is 6.07. The first kappa shape index (κ1) is 14.8. The van der Waals surface area contributed by atoms with Crippen molar-refractivity contribution in [3.8, 4) is 6.07 Å². The number of primary sulfonamides is 1. The van der Waals surface area contributed by atoms with Crippen molar-refractivity contribution < 1.29 is 13.3 Å². The van der Waals surface area contributed by atoms with Gasteiger partial charge >= 0.3 is 0 Å². The number of nitrogens with zero attached hydrogens (tertiary/aromatic N) is 3. The Morgan fingerprint density at radius 1 is 1.58 bits per heavy atom. The monoisotopic (exact) mass is 285 g/mol. The molecule has 0 saturated heterocycles. The summed E-state index contributed by atoms with van der Waals surface area (Å²) in [5, 5.41) is 26.9. The van der Waals surface area contributed by atoms with Gasteiger partial charge in [0.25, 0.3) is 5.69 Å². The first-order valence-electron chi connectivity index (χ1n) is 5.12. The smallest absolute Gasteiger partial charge is 0.289 e. The Hall–Kier alpha value is -2.25. The van der Waals surface area contributed by atoms with Crippen LogP contribution in [0, 0.1) is 21.4 Å². The molecule has 0 radical (unpaired) electrons. The van der Waals surface area contributed by atoms with E-state index in [0.29, 0.717) is 0 Å². The van der Waals surface area contributed by atoms with Crippen LogP contribution in [-0.2, 0) is 10.0 Å². The molecule has 0 amide bonds. The fourth-order valence-corrected chi connectivity index (χ4v) is 1.81. The van der Waals surface area contributed by atoms with Gasteiger partial charge in [0.15, 0.2) is 0 Å². The first-order chi connectivity index (χ1) is 8.83. The molecule has 1 rings (SSSR count). The van der Waals surface area contributed by atoms with Crippen LogP contribution in [0.1, 0.15) is 12.0 Å². The van der Waals surface area contributed by atoms with Gasteiger partial charge in [-0.05, 0) is 6.42 Å². The maximum atomic E-state index is 10.7. The van der Waals surface area contributed by atoms with Crippen molar-refractivity contribution in [1.29, 1.82) is 5.26 Å². The number of nitrogens with one attached hydrogen (secondary N) is 1. The topological polar surface area (TPSA) is 152 Å². The number of nitrogens with two attached hydrogens (primary N) is 1. The van der Waals surface area contributed by atoms with Crippen molar-refractivity contribution in [2.75, 3.05) is 17.6 Å². The highest BCUT2D eigenvalue weighted by Gasteiger charge is 2.12. The normalized spacial score (nSPS) is 10.7. The Morgan fingerprint density at radius 3 is 2.79 bits per heavy atom. The number of nitriles is 1. The fourth-order valence-electron chi connectivity index (χ4n) is 1.26. The van der Waals surface area contributed by atoms with E-state index in [-0.39, 0.29) is 35.8 Å². The molecule has 0 aromatic carbocycles. The molecular formula is C9H11N5O4S. The summed E-state index contributed by atoms with van der Waals surface area (Å²) < 4.78 is 21.4. The van der Waals surface area contributed by atoms with Gasteiger partial charge in [0.05, 0.1) is 10.7 Å². The zero-order valence-electron chi connectivity index (χ0n) is 9.74. The van der Waals surface area contributed by atoms with Crippen LogP contribution in [-0.4, -0.2) is 30.6 Å². The maximum absolute atomic E-state index is 10.7. The van der Waals surface area contributed by atoms with Crippen LogP contribution < -0.4 is 10.5 Å². The molecule has 102 valence electrons. The molecule has 1 heterocycles.